The van der Waals surface area contributed by atoms with Crippen LogP contribution in [0.3, 0.4) is 0 Å². The van der Waals surface area contributed by atoms with Crippen LogP contribution in [0, 0.1) is 11.6 Å². The molecule has 0 fully saturated rings. The molecular weight excluding hydrogens is 186 g/mol. The van der Waals surface area contributed by atoms with Crippen molar-refractivity contribution in [3.8, 4) is 0 Å². The topological polar surface area (TPSA) is 24.4 Å². The second-order valence-corrected chi connectivity index (χ2v) is 3.14. The summed E-state index contributed by atoms with van der Waals surface area (Å²) in [5.74, 6) is -1.02. The fourth-order valence-corrected chi connectivity index (χ4v) is 1.37. The van der Waals surface area contributed by atoms with Gasteiger partial charge in [-0.3, -0.25) is 4.99 Å². The Kier molecular flexibility index (Phi) is 2.43. The first kappa shape index (κ1) is 9.12. The van der Waals surface area contributed by atoms with Crippen LogP contribution >= 0.6 is 0 Å². The van der Waals surface area contributed by atoms with Crippen molar-refractivity contribution in [3.63, 3.8) is 0 Å². The molecule has 1 aromatic carbocycles. The summed E-state index contributed by atoms with van der Waals surface area (Å²) in [6, 6.07) is 3.80. The van der Waals surface area contributed by atoms with E-state index in [0.29, 0.717) is 11.4 Å². The SMILES string of the molecule is Fc1ccc(C2=NCCCN2)cc1F. The van der Waals surface area contributed by atoms with Gasteiger partial charge in [0.25, 0.3) is 0 Å². The standard InChI is InChI=1S/C10H10F2N2/c11-8-3-2-7(6-9(8)12)10-13-4-1-5-14-10/h2-3,6H,1,4-5H2,(H,13,14). The number of benzene rings is 1. The molecule has 0 spiro atoms. The molecule has 2 rings (SSSR count). The van der Waals surface area contributed by atoms with E-state index >= 15 is 0 Å². The fourth-order valence-electron chi connectivity index (χ4n) is 1.37. The minimum Gasteiger partial charge on any atom is -0.370 e. The number of amidine groups is 1. The van der Waals surface area contributed by atoms with Crippen molar-refractivity contribution in [2.75, 3.05) is 13.1 Å². The van der Waals surface area contributed by atoms with Crippen molar-refractivity contribution >= 4 is 5.84 Å². The summed E-state index contributed by atoms with van der Waals surface area (Å²) in [5.41, 5.74) is 0.601. The maximum atomic E-state index is 12.9. The Labute approximate surface area is 80.7 Å². The molecule has 1 heterocycles. The molecule has 1 aliphatic rings. The maximum Gasteiger partial charge on any atom is 0.159 e. The second kappa shape index (κ2) is 3.74. The van der Waals surface area contributed by atoms with E-state index in [1.54, 1.807) is 0 Å². The highest BCUT2D eigenvalue weighted by molar-refractivity contribution is 5.99. The smallest absolute Gasteiger partial charge is 0.159 e. The molecule has 14 heavy (non-hydrogen) atoms. The Morgan fingerprint density at radius 1 is 1.21 bits per heavy atom. The molecule has 0 aliphatic carbocycles. The fraction of sp³-hybridized carbons (Fsp3) is 0.300. The first-order valence-electron chi connectivity index (χ1n) is 4.51. The van der Waals surface area contributed by atoms with E-state index < -0.39 is 11.6 Å². The zero-order chi connectivity index (χ0) is 9.97. The molecule has 0 saturated carbocycles. The molecule has 1 aliphatic heterocycles. The first-order valence-corrected chi connectivity index (χ1v) is 4.51. The van der Waals surface area contributed by atoms with Gasteiger partial charge in [-0.05, 0) is 24.6 Å². The van der Waals surface area contributed by atoms with Gasteiger partial charge in [-0.15, -0.1) is 0 Å². The van der Waals surface area contributed by atoms with E-state index in [1.807, 2.05) is 0 Å². The van der Waals surface area contributed by atoms with E-state index in [1.165, 1.54) is 6.07 Å². The van der Waals surface area contributed by atoms with Crippen LogP contribution in [0.5, 0.6) is 0 Å². The van der Waals surface area contributed by atoms with E-state index in [0.717, 1.165) is 31.6 Å². The van der Waals surface area contributed by atoms with Crippen LogP contribution in [0.2, 0.25) is 0 Å². The van der Waals surface area contributed by atoms with Crippen LogP contribution < -0.4 is 5.32 Å². The lowest BCUT2D eigenvalue weighted by Gasteiger charge is -2.14. The molecule has 4 heteroatoms. The number of nitrogens with one attached hydrogen (secondary N) is 1. The van der Waals surface area contributed by atoms with Crippen molar-refractivity contribution in [3.05, 3.63) is 35.4 Å². The molecule has 0 radical (unpaired) electrons. The summed E-state index contributed by atoms with van der Waals surface area (Å²) in [6.45, 7) is 1.57. The minimum atomic E-state index is -0.836. The number of rotatable bonds is 1. The van der Waals surface area contributed by atoms with Crippen molar-refractivity contribution in [2.24, 2.45) is 4.99 Å². The molecule has 0 unspecified atom stereocenters. The van der Waals surface area contributed by atoms with Gasteiger partial charge in [0.1, 0.15) is 5.84 Å². The van der Waals surface area contributed by atoms with Crippen molar-refractivity contribution in [1.29, 1.82) is 0 Å². The molecule has 0 amide bonds. The highest BCUT2D eigenvalue weighted by atomic mass is 19.2. The Morgan fingerprint density at radius 2 is 2.07 bits per heavy atom. The Balaban J connectivity index is 2.32. The molecule has 0 aromatic heterocycles. The van der Waals surface area contributed by atoms with E-state index in [4.69, 9.17) is 0 Å². The number of aliphatic imine (C=N–C) groups is 1. The molecule has 0 bridgehead atoms. The molecule has 1 aromatic rings. The average molecular weight is 196 g/mol. The summed E-state index contributed by atoms with van der Waals surface area (Å²) in [4.78, 5) is 4.19. The first-order chi connectivity index (χ1) is 6.77. The molecule has 0 saturated heterocycles. The zero-order valence-electron chi connectivity index (χ0n) is 7.56. The normalized spacial score (nSPS) is 16.0. The average Bonchev–Trinajstić information content (AvgIpc) is 2.23. The number of hydrogen-bond acceptors (Lipinski definition) is 2. The van der Waals surface area contributed by atoms with Gasteiger partial charge in [0.2, 0.25) is 0 Å². The molecule has 1 N–H and O–H groups in total. The largest absolute Gasteiger partial charge is 0.370 e. The quantitative estimate of drug-likeness (QED) is 0.726. The van der Waals surface area contributed by atoms with E-state index in [9.17, 15) is 8.78 Å². The van der Waals surface area contributed by atoms with Crippen LogP contribution in [0.25, 0.3) is 0 Å². The molecule has 2 nitrogen and oxygen atoms in total. The van der Waals surface area contributed by atoms with Gasteiger partial charge in [-0.25, -0.2) is 8.78 Å². The monoisotopic (exact) mass is 196 g/mol. The third-order valence-corrected chi connectivity index (χ3v) is 2.09. The Hall–Kier alpha value is -1.45. The number of halogens is 2. The molecule has 74 valence electrons. The number of hydrogen-bond donors (Lipinski definition) is 1. The van der Waals surface area contributed by atoms with Crippen molar-refractivity contribution in [1.82, 2.24) is 5.32 Å². The third-order valence-electron chi connectivity index (χ3n) is 2.09. The van der Waals surface area contributed by atoms with Crippen LogP contribution in [0.1, 0.15) is 12.0 Å². The Bertz CT molecular complexity index is 374. The lowest BCUT2D eigenvalue weighted by Crippen LogP contribution is -2.30. The van der Waals surface area contributed by atoms with Crippen molar-refractivity contribution in [2.45, 2.75) is 6.42 Å². The van der Waals surface area contributed by atoms with E-state index in [2.05, 4.69) is 10.3 Å². The summed E-state index contributed by atoms with van der Waals surface area (Å²) in [6.07, 6.45) is 0.979. The summed E-state index contributed by atoms with van der Waals surface area (Å²) in [5, 5.41) is 3.04. The van der Waals surface area contributed by atoms with E-state index in [-0.39, 0.29) is 0 Å². The summed E-state index contributed by atoms with van der Waals surface area (Å²) in [7, 11) is 0. The maximum absolute atomic E-state index is 12.9. The van der Waals surface area contributed by atoms with Crippen LogP contribution in [0.4, 0.5) is 8.78 Å². The van der Waals surface area contributed by atoms with Gasteiger partial charge in [0, 0.05) is 18.7 Å². The van der Waals surface area contributed by atoms with Crippen LogP contribution in [0.15, 0.2) is 23.2 Å². The highest BCUT2D eigenvalue weighted by Gasteiger charge is 2.09. The van der Waals surface area contributed by atoms with Gasteiger partial charge in [-0.1, -0.05) is 0 Å². The van der Waals surface area contributed by atoms with Gasteiger partial charge >= 0.3 is 0 Å². The highest BCUT2D eigenvalue weighted by Crippen LogP contribution is 2.10. The van der Waals surface area contributed by atoms with Crippen LogP contribution in [-0.4, -0.2) is 18.9 Å². The summed E-state index contributed by atoms with van der Waals surface area (Å²) >= 11 is 0. The van der Waals surface area contributed by atoms with Crippen molar-refractivity contribution < 1.29 is 8.78 Å². The van der Waals surface area contributed by atoms with Gasteiger partial charge in [-0.2, -0.15) is 0 Å². The van der Waals surface area contributed by atoms with Crippen LogP contribution in [-0.2, 0) is 0 Å². The lowest BCUT2D eigenvalue weighted by atomic mass is 10.1. The van der Waals surface area contributed by atoms with Gasteiger partial charge in [0.15, 0.2) is 11.6 Å². The minimum absolute atomic E-state index is 0.601. The summed E-state index contributed by atoms with van der Waals surface area (Å²) < 4.78 is 25.5. The molecular formula is C10H10F2N2. The predicted octanol–water partition coefficient (Wildman–Crippen LogP) is 1.70. The number of nitrogens with zero attached hydrogens (tertiary/aromatic N) is 1. The van der Waals surface area contributed by atoms with Gasteiger partial charge < -0.3 is 5.32 Å². The second-order valence-electron chi connectivity index (χ2n) is 3.14. The zero-order valence-corrected chi connectivity index (χ0v) is 7.56. The molecule has 0 atom stereocenters. The van der Waals surface area contributed by atoms with Gasteiger partial charge in [0.05, 0.1) is 0 Å². The predicted molar refractivity (Wildman–Crippen MR) is 50.4 cm³/mol. The lowest BCUT2D eigenvalue weighted by molar-refractivity contribution is 0.508. The third kappa shape index (κ3) is 1.73. The Morgan fingerprint density at radius 3 is 2.71 bits per heavy atom.